The van der Waals surface area contributed by atoms with E-state index >= 15 is 0 Å². The smallest absolute Gasteiger partial charge is 0.0963 e. The summed E-state index contributed by atoms with van der Waals surface area (Å²) in [5, 5.41) is 7.51. The van der Waals surface area contributed by atoms with Crippen molar-refractivity contribution in [3.05, 3.63) is 29.8 Å². The average Bonchev–Trinajstić information content (AvgIpc) is 2.28. The van der Waals surface area contributed by atoms with Gasteiger partial charge in [0.25, 0.3) is 0 Å². The molecule has 0 saturated heterocycles. The topological polar surface area (TPSA) is 49.9 Å². The molecule has 0 spiro atoms. The quantitative estimate of drug-likeness (QED) is 0.335. The summed E-state index contributed by atoms with van der Waals surface area (Å²) in [6.07, 6.45) is 3.30. The predicted octanol–water partition coefficient (Wildman–Crippen LogP) is 4.22. The summed E-state index contributed by atoms with van der Waals surface area (Å²) in [5.41, 5.74) is 6.74. The second kappa shape index (κ2) is 6.83. The zero-order valence-electron chi connectivity index (χ0n) is 11.6. The van der Waals surface area contributed by atoms with Crippen molar-refractivity contribution < 1.29 is 0 Å². The van der Waals surface area contributed by atoms with Gasteiger partial charge in [0, 0.05) is 10.3 Å². The Labute approximate surface area is 115 Å². The van der Waals surface area contributed by atoms with Gasteiger partial charge in [-0.2, -0.15) is 0 Å². The standard InChI is InChI=1S/C15H24N2S/c1-12-7-6-8-13(11-12)18-10-5-4-9-15(2,3)14(16)17/h6-8,11H,4-5,9-10H2,1-3H3,(H3,16,17). The number of rotatable bonds is 7. The number of hydrogen-bond acceptors (Lipinski definition) is 2. The number of nitrogens with one attached hydrogen (secondary N) is 1. The fourth-order valence-corrected chi connectivity index (χ4v) is 2.73. The first-order valence-corrected chi connectivity index (χ1v) is 7.44. The number of unbranched alkanes of at least 4 members (excludes halogenated alkanes) is 1. The summed E-state index contributed by atoms with van der Waals surface area (Å²) in [7, 11) is 0. The van der Waals surface area contributed by atoms with Crippen LogP contribution >= 0.6 is 11.8 Å². The largest absolute Gasteiger partial charge is 0.387 e. The highest BCUT2D eigenvalue weighted by molar-refractivity contribution is 7.99. The molecular weight excluding hydrogens is 240 g/mol. The molecule has 100 valence electrons. The van der Waals surface area contributed by atoms with E-state index in [4.69, 9.17) is 11.1 Å². The Hall–Kier alpha value is -0.960. The minimum absolute atomic E-state index is 0.145. The molecule has 0 unspecified atom stereocenters. The lowest BCUT2D eigenvalue weighted by atomic mass is 9.86. The van der Waals surface area contributed by atoms with E-state index in [-0.39, 0.29) is 5.41 Å². The molecule has 0 heterocycles. The van der Waals surface area contributed by atoms with Gasteiger partial charge < -0.3 is 5.73 Å². The highest BCUT2D eigenvalue weighted by Crippen LogP contribution is 2.25. The lowest BCUT2D eigenvalue weighted by molar-refractivity contribution is 0.448. The first-order valence-electron chi connectivity index (χ1n) is 6.46. The Morgan fingerprint density at radius 3 is 2.67 bits per heavy atom. The molecule has 0 aliphatic heterocycles. The molecule has 1 rings (SSSR count). The second-order valence-electron chi connectivity index (χ2n) is 5.42. The highest BCUT2D eigenvalue weighted by Gasteiger charge is 2.20. The van der Waals surface area contributed by atoms with Gasteiger partial charge in [-0.3, -0.25) is 5.41 Å². The van der Waals surface area contributed by atoms with Crippen molar-refractivity contribution in [2.75, 3.05) is 5.75 Å². The summed E-state index contributed by atoms with van der Waals surface area (Å²) >= 11 is 1.91. The summed E-state index contributed by atoms with van der Waals surface area (Å²) in [4.78, 5) is 1.35. The Bertz CT molecular complexity index is 399. The second-order valence-corrected chi connectivity index (χ2v) is 6.59. The molecule has 0 atom stereocenters. The monoisotopic (exact) mass is 264 g/mol. The molecule has 0 bridgehead atoms. The van der Waals surface area contributed by atoms with Crippen molar-refractivity contribution in [2.24, 2.45) is 11.1 Å². The fourth-order valence-electron chi connectivity index (χ4n) is 1.70. The lowest BCUT2D eigenvalue weighted by Crippen LogP contribution is -2.30. The van der Waals surface area contributed by atoms with Crippen LogP contribution in [0.1, 0.15) is 38.7 Å². The third kappa shape index (κ3) is 5.13. The van der Waals surface area contributed by atoms with E-state index < -0.39 is 0 Å². The van der Waals surface area contributed by atoms with Gasteiger partial charge in [-0.1, -0.05) is 38.0 Å². The highest BCUT2D eigenvalue weighted by atomic mass is 32.2. The Balaban J connectivity index is 2.22. The van der Waals surface area contributed by atoms with E-state index in [1.165, 1.54) is 16.9 Å². The minimum Gasteiger partial charge on any atom is -0.387 e. The number of aryl methyl sites for hydroxylation is 1. The maximum absolute atomic E-state index is 7.51. The SMILES string of the molecule is Cc1cccc(SCCCCC(C)(C)C(=N)N)c1. The first-order chi connectivity index (χ1) is 8.42. The zero-order valence-corrected chi connectivity index (χ0v) is 12.4. The van der Waals surface area contributed by atoms with E-state index in [2.05, 4.69) is 31.2 Å². The molecule has 0 aromatic heterocycles. The van der Waals surface area contributed by atoms with Crippen LogP contribution in [-0.2, 0) is 0 Å². The van der Waals surface area contributed by atoms with Gasteiger partial charge in [0.1, 0.15) is 0 Å². The molecule has 2 nitrogen and oxygen atoms in total. The summed E-state index contributed by atoms with van der Waals surface area (Å²) in [6.45, 7) is 6.21. The van der Waals surface area contributed by atoms with Gasteiger partial charge in [-0.15, -0.1) is 11.8 Å². The number of hydrogen-bond donors (Lipinski definition) is 2. The van der Waals surface area contributed by atoms with E-state index in [1.807, 2.05) is 25.6 Å². The number of nitrogens with two attached hydrogens (primary N) is 1. The Kier molecular flexibility index (Phi) is 5.73. The van der Waals surface area contributed by atoms with Gasteiger partial charge in [-0.05, 0) is 37.7 Å². The minimum atomic E-state index is -0.145. The van der Waals surface area contributed by atoms with Crippen LogP contribution < -0.4 is 5.73 Å². The normalized spacial score (nSPS) is 11.5. The molecule has 3 heteroatoms. The van der Waals surface area contributed by atoms with E-state index in [0.717, 1.165) is 18.6 Å². The third-order valence-corrected chi connectivity index (χ3v) is 4.26. The molecule has 0 saturated carbocycles. The van der Waals surface area contributed by atoms with Crippen LogP contribution in [0.3, 0.4) is 0 Å². The van der Waals surface area contributed by atoms with Crippen LogP contribution in [0.15, 0.2) is 29.2 Å². The molecule has 1 aromatic rings. The number of benzene rings is 1. The van der Waals surface area contributed by atoms with Gasteiger partial charge >= 0.3 is 0 Å². The fraction of sp³-hybridized carbons (Fsp3) is 0.533. The van der Waals surface area contributed by atoms with Crippen molar-refractivity contribution >= 4 is 17.6 Å². The summed E-state index contributed by atoms with van der Waals surface area (Å²) in [5.74, 6) is 1.44. The van der Waals surface area contributed by atoms with E-state index in [1.54, 1.807) is 0 Å². The third-order valence-electron chi connectivity index (χ3n) is 3.18. The van der Waals surface area contributed by atoms with Crippen molar-refractivity contribution in [1.29, 1.82) is 5.41 Å². The molecule has 18 heavy (non-hydrogen) atoms. The van der Waals surface area contributed by atoms with Crippen LogP contribution in [0.2, 0.25) is 0 Å². The van der Waals surface area contributed by atoms with E-state index in [0.29, 0.717) is 5.84 Å². The molecule has 0 amide bonds. The maximum atomic E-state index is 7.51. The Morgan fingerprint density at radius 1 is 1.33 bits per heavy atom. The molecular formula is C15H24N2S. The molecule has 3 N–H and O–H groups in total. The van der Waals surface area contributed by atoms with E-state index in [9.17, 15) is 0 Å². The van der Waals surface area contributed by atoms with Crippen LogP contribution in [0.5, 0.6) is 0 Å². The van der Waals surface area contributed by atoms with Crippen molar-refractivity contribution in [3.63, 3.8) is 0 Å². The van der Waals surface area contributed by atoms with Crippen LogP contribution in [0, 0.1) is 17.7 Å². The molecule has 0 aliphatic carbocycles. The van der Waals surface area contributed by atoms with Crippen molar-refractivity contribution in [2.45, 2.75) is 44.9 Å². The Morgan fingerprint density at radius 2 is 2.06 bits per heavy atom. The summed E-state index contributed by atoms with van der Waals surface area (Å²) < 4.78 is 0. The lowest BCUT2D eigenvalue weighted by Gasteiger charge is -2.22. The molecule has 0 radical (unpaired) electrons. The molecule has 0 aliphatic rings. The number of thioether (sulfide) groups is 1. The first kappa shape index (κ1) is 15.1. The van der Waals surface area contributed by atoms with Crippen molar-refractivity contribution in [3.8, 4) is 0 Å². The molecule has 1 aromatic carbocycles. The summed E-state index contributed by atoms with van der Waals surface area (Å²) in [6, 6.07) is 8.62. The van der Waals surface area contributed by atoms with Gasteiger partial charge in [0.2, 0.25) is 0 Å². The average molecular weight is 264 g/mol. The van der Waals surface area contributed by atoms with Crippen molar-refractivity contribution in [1.82, 2.24) is 0 Å². The maximum Gasteiger partial charge on any atom is 0.0963 e. The zero-order chi connectivity index (χ0) is 13.6. The van der Waals surface area contributed by atoms with Gasteiger partial charge in [-0.25, -0.2) is 0 Å². The number of amidine groups is 1. The van der Waals surface area contributed by atoms with Crippen LogP contribution in [-0.4, -0.2) is 11.6 Å². The van der Waals surface area contributed by atoms with Gasteiger partial charge in [0.05, 0.1) is 5.84 Å². The predicted molar refractivity (Wildman–Crippen MR) is 81.4 cm³/mol. The van der Waals surface area contributed by atoms with Crippen LogP contribution in [0.4, 0.5) is 0 Å². The molecule has 0 fully saturated rings. The van der Waals surface area contributed by atoms with Crippen LogP contribution in [0.25, 0.3) is 0 Å². The van der Waals surface area contributed by atoms with Gasteiger partial charge in [0.15, 0.2) is 0 Å².